The molecule has 28 heavy (non-hydrogen) atoms. The van der Waals surface area contributed by atoms with Gasteiger partial charge in [0, 0.05) is 24.0 Å². The summed E-state index contributed by atoms with van der Waals surface area (Å²) in [6.45, 7) is 0.699. The van der Waals surface area contributed by atoms with Crippen LogP contribution in [0.5, 0.6) is 0 Å². The number of carboxylic acids is 1. The molecule has 1 aliphatic heterocycles. The van der Waals surface area contributed by atoms with Gasteiger partial charge in [-0.1, -0.05) is 17.7 Å². The molecule has 0 saturated carbocycles. The molecule has 0 radical (unpaired) electrons. The van der Waals surface area contributed by atoms with Crippen LogP contribution in [0.4, 0.5) is 0 Å². The van der Waals surface area contributed by atoms with E-state index in [9.17, 15) is 13.2 Å². The van der Waals surface area contributed by atoms with Crippen LogP contribution in [0.3, 0.4) is 0 Å². The number of piperidine rings is 1. The van der Waals surface area contributed by atoms with Crippen LogP contribution in [0.1, 0.15) is 34.9 Å². The molecule has 1 aliphatic rings. The zero-order valence-corrected chi connectivity index (χ0v) is 16.4. The third-order valence-corrected chi connectivity index (χ3v) is 7.15. The molecule has 1 saturated heterocycles. The van der Waals surface area contributed by atoms with Crippen molar-refractivity contribution in [1.29, 1.82) is 0 Å². The van der Waals surface area contributed by atoms with Crippen LogP contribution < -0.4 is 0 Å². The van der Waals surface area contributed by atoms with E-state index in [4.69, 9.17) is 16.7 Å². The van der Waals surface area contributed by atoms with E-state index >= 15 is 0 Å². The summed E-state index contributed by atoms with van der Waals surface area (Å²) in [6, 6.07) is 10.9. The highest BCUT2D eigenvalue weighted by molar-refractivity contribution is 7.89. The maximum atomic E-state index is 12.9. The maximum absolute atomic E-state index is 12.9. The summed E-state index contributed by atoms with van der Waals surface area (Å²) in [5, 5.41) is 9.73. The molecule has 3 aromatic rings. The lowest BCUT2D eigenvalue weighted by molar-refractivity contribution is 0.0696. The predicted molar refractivity (Wildman–Crippen MR) is 105 cm³/mol. The van der Waals surface area contributed by atoms with Gasteiger partial charge in [-0.15, -0.1) is 0 Å². The summed E-state index contributed by atoms with van der Waals surface area (Å²) in [7, 11) is -3.73. The summed E-state index contributed by atoms with van der Waals surface area (Å²) >= 11 is 6.01. The minimum atomic E-state index is -3.73. The molecule has 7 nitrogen and oxygen atoms in total. The summed E-state index contributed by atoms with van der Waals surface area (Å²) in [6.07, 6.45) is 1.26. The Morgan fingerprint density at radius 3 is 2.64 bits per heavy atom. The van der Waals surface area contributed by atoms with Gasteiger partial charge in [-0.05, 0) is 49.2 Å². The van der Waals surface area contributed by atoms with Gasteiger partial charge in [-0.3, -0.25) is 0 Å². The quantitative estimate of drug-likeness (QED) is 0.673. The Morgan fingerprint density at radius 1 is 1.18 bits per heavy atom. The van der Waals surface area contributed by atoms with Gasteiger partial charge in [0.1, 0.15) is 5.82 Å². The van der Waals surface area contributed by atoms with Crippen LogP contribution in [0.25, 0.3) is 11.0 Å². The molecule has 9 heteroatoms. The third-order valence-electron chi connectivity index (χ3n) is 5.02. The van der Waals surface area contributed by atoms with Gasteiger partial charge in [0.15, 0.2) is 0 Å². The Balaban J connectivity index is 1.51. The van der Waals surface area contributed by atoms with E-state index in [2.05, 4.69) is 9.97 Å². The summed E-state index contributed by atoms with van der Waals surface area (Å²) < 4.78 is 27.2. The van der Waals surface area contributed by atoms with Crippen LogP contribution in [0.2, 0.25) is 5.02 Å². The maximum Gasteiger partial charge on any atom is 0.335 e. The molecule has 4 rings (SSSR count). The second kappa shape index (κ2) is 7.20. The number of fused-ring (bicyclic) bond motifs is 1. The standard InChI is InChI=1S/C19H18ClN3O4S/c20-14-4-5-16-17(11-14)22-18(21-16)12-6-8-23(9-7-12)28(26,27)15-3-1-2-13(10-15)19(24)25/h1-5,10-12H,6-9H2,(H,21,22)(H,24,25). The Labute approximate surface area is 167 Å². The highest BCUT2D eigenvalue weighted by Gasteiger charge is 2.31. The minimum absolute atomic E-state index is 0.00392. The molecule has 0 aliphatic carbocycles. The number of aromatic nitrogens is 2. The molecule has 0 amide bonds. The van der Waals surface area contributed by atoms with Crippen molar-refractivity contribution in [2.24, 2.45) is 0 Å². The van der Waals surface area contributed by atoms with E-state index in [0.29, 0.717) is 31.0 Å². The molecule has 146 valence electrons. The number of sulfonamides is 1. The largest absolute Gasteiger partial charge is 0.478 e. The van der Waals surface area contributed by atoms with Crippen LogP contribution in [0.15, 0.2) is 47.4 Å². The Kier molecular flexibility index (Phi) is 4.86. The highest BCUT2D eigenvalue weighted by atomic mass is 35.5. The number of benzene rings is 2. The predicted octanol–water partition coefficient (Wildman–Crippen LogP) is 3.48. The van der Waals surface area contributed by atoms with Crippen molar-refractivity contribution in [2.45, 2.75) is 23.7 Å². The molecular weight excluding hydrogens is 402 g/mol. The topological polar surface area (TPSA) is 103 Å². The molecule has 1 aromatic heterocycles. The van der Waals surface area contributed by atoms with Crippen LogP contribution in [0, 0.1) is 0 Å². The van der Waals surface area contributed by atoms with Crippen molar-refractivity contribution in [3.8, 4) is 0 Å². The van der Waals surface area contributed by atoms with Gasteiger partial charge in [0.2, 0.25) is 10.0 Å². The SMILES string of the molecule is O=C(O)c1cccc(S(=O)(=O)N2CCC(c3nc4ccc(Cl)cc4[nH]3)CC2)c1. The lowest BCUT2D eigenvalue weighted by atomic mass is 9.97. The number of aromatic carboxylic acids is 1. The second-order valence-electron chi connectivity index (χ2n) is 6.79. The smallest absolute Gasteiger partial charge is 0.335 e. The lowest BCUT2D eigenvalue weighted by Gasteiger charge is -2.30. The van der Waals surface area contributed by atoms with Crippen molar-refractivity contribution >= 4 is 38.6 Å². The number of H-pyrrole nitrogens is 1. The zero-order chi connectivity index (χ0) is 19.9. The number of carbonyl (C=O) groups is 1. The molecule has 0 atom stereocenters. The average molecular weight is 420 g/mol. The number of imidazole rings is 1. The van der Waals surface area contributed by atoms with Crippen molar-refractivity contribution in [2.75, 3.05) is 13.1 Å². The number of halogens is 1. The van der Waals surface area contributed by atoms with E-state index in [1.807, 2.05) is 12.1 Å². The first-order valence-electron chi connectivity index (χ1n) is 8.83. The fourth-order valence-corrected chi connectivity index (χ4v) is 5.19. The lowest BCUT2D eigenvalue weighted by Crippen LogP contribution is -2.38. The van der Waals surface area contributed by atoms with E-state index in [1.165, 1.54) is 28.6 Å². The van der Waals surface area contributed by atoms with Gasteiger partial charge in [0.05, 0.1) is 21.5 Å². The van der Waals surface area contributed by atoms with Gasteiger partial charge < -0.3 is 10.1 Å². The van der Waals surface area contributed by atoms with E-state index in [0.717, 1.165) is 16.9 Å². The molecule has 2 N–H and O–H groups in total. The zero-order valence-electron chi connectivity index (χ0n) is 14.8. The number of nitrogens with zero attached hydrogens (tertiary/aromatic N) is 2. The molecule has 0 spiro atoms. The normalized spacial score (nSPS) is 16.5. The van der Waals surface area contributed by atoms with Crippen molar-refractivity contribution < 1.29 is 18.3 Å². The second-order valence-corrected chi connectivity index (χ2v) is 9.17. The van der Waals surface area contributed by atoms with Crippen molar-refractivity contribution in [3.05, 3.63) is 58.9 Å². The molecule has 0 bridgehead atoms. The number of aromatic amines is 1. The first-order chi connectivity index (χ1) is 13.3. The minimum Gasteiger partial charge on any atom is -0.478 e. The Morgan fingerprint density at radius 2 is 1.93 bits per heavy atom. The Bertz CT molecular complexity index is 1150. The molecule has 1 fully saturated rings. The van der Waals surface area contributed by atoms with Crippen LogP contribution in [-0.2, 0) is 10.0 Å². The van der Waals surface area contributed by atoms with E-state index < -0.39 is 16.0 Å². The van der Waals surface area contributed by atoms with E-state index in [1.54, 1.807) is 6.07 Å². The summed E-state index contributed by atoms with van der Waals surface area (Å²) in [4.78, 5) is 19.0. The van der Waals surface area contributed by atoms with Crippen molar-refractivity contribution in [3.63, 3.8) is 0 Å². The monoisotopic (exact) mass is 419 g/mol. The first kappa shape index (κ1) is 18.9. The number of carboxylic acid groups (broad SMARTS) is 1. The van der Waals surface area contributed by atoms with Gasteiger partial charge in [-0.2, -0.15) is 4.31 Å². The van der Waals surface area contributed by atoms with Crippen LogP contribution >= 0.6 is 11.6 Å². The van der Waals surface area contributed by atoms with Crippen LogP contribution in [-0.4, -0.2) is 46.9 Å². The van der Waals surface area contributed by atoms with E-state index in [-0.39, 0.29) is 16.4 Å². The average Bonchev–Trinajstić information content (AvgIpc) is 3.11. The van der Waals surface area contributed by atoms with Crippen molar-refractivity contribution in [1.82, 2.24) is 14.3 Å². The number of hydrogen-bond acceptors (Lipinski definition) is 4. The fraction of sp³-hybridized carbons (Fsp3) is 0.263. The highest BCUT2D eigenvalue weighted by Crippen LogP contribution is 2.31. The molecule has 2 heterocycles. The summed E-state index contributed by atoms with van der Waals surface area (Å²) in [5.74, 6) is -0.189. The van der Waals surface area contributed by atoms with Gasteiger partial charge >= 0.3 is 5.97 Å². The molecule has 2 aromatic carbocycles. The first-order valence-corrected chi connectivity index (χ1v) is 10.6. The molecule has 0 unspecified atom stereocenters. The van der Waals surface area contributed by atoms with Gasteiger partial charge in [-0.25, -0.2) is 18.2 Å². The number of hydrogen-bond donors (Lipinski definition) is 2. The Hall–Kier alpha value is -2.42. The molecular formula is C19H18ClN3O4S. The van der Waals surface area contributed by atoms with Gasteiger partial charge in [0.25, 0.3) is 0 Å². The summed E-state index contributed by atoms with van der Waals surface area (Å²) in [5.41, 5.74) is 1.65. The fourth-order valence-electron chi connectivity index (χ4n) is 3.50. The third kappa shape index (κ3) is 3.50. The number of rotatable bonds is 4. The number of nitrogens with one attached hydrogen (secondary N) is 1.